The Bertz CT molecular complexity index is 645. The Morgan fingerprint density at radius 2 is 1.43 bits per heavy atom. The summed E-state index contributed by atoms with van der Waals surface area (Å²) in [5.41, 5.74) is 4.24. The zero-order valence-electron chi connectivity index (χ0n) is 18.0. The number of rotatable bonds is 16. The van der Waals surface area contributed by atoms with Crippen molar-refractivity contribution in [3.63, 3.8) is 0 Å². The highest BCUT2D eigenvalue weighted by Crippen LogP contribution is 2.12. The van der Waals surface area contributed by atoms with Crippen molar-refractivity contribution in [1.82, 2.24) is 10.8 Å². The lowest BCUT2D eigenvalue weighted by Gasteiger charge is -2.15. The molecule has 7 nitrogen and oxygen atoms in total. The van der Waals surface area contributed by atoms with E-state index in [0.29, 0.717) is 0 Å². The molecule has 2 amide bonds. The van der Waals surface area contributed by atoms with Gasteiger partial charge in [-0.3, -0.25) is 19.6 Å². The van der Waals surface area contributed by atoms with Crippen LogP contribution in [-0.4, -0.2) is 34.1 Å². The Labute approximate surface area is 179 Å². The van der Waals surface area contributed by atoms with E-state index in [4.69, 9.17) is 10.3 Å². The van der Waals surface area contributed by atoms with Gasteiger partial charge in [0.25, 0.3) is 5.91 Å². The van der Waals surface area contributed by atoms with Crippen LogP contribution in [0, 0.1) is 0 Å². The lowest BCUT2D eigenvalue weighted by atomic mass is 10.0. The molecule has 0 saturated carbocycles. The molecule has 0 unspecified atom stereocenters. The lowest BCUT2D eigenvalue weighted by molar-refractivity contribution is -0.139. The van der Waals surface area contributed by atoms with E-state index in [9.17, 15) is 14.4 Å². The number of benzene rings is 1. The highest BCUT2D eigenvalue weighted by atomic mass is 16.5. The van der Waals surface area contributed by atoms with Gasteiger partial charge in [0.15, 0.2) is 0 Å². The summed E-state index contributed by atoms with van der Waals surface area (Å²) in [5, 5.41) is 19.9. The average molecular weight is 421 g/mol. The predicted octanol–water partition coefficient (Wildman–Crippen LogP) is 3.77. The number of carbonyl (C=O) groups is 3. The van der Waals surface area contributed by atoms with Crippen LogP contribution in [0.4, 0.5) is 0 Å². The molecule has 1 atom stereocenters. The highest BCUT2D eigenvalue weighted by Gasteiger charge is 2.21. The van der Waals surface area contributed by atoms with Crippen molar-refractivity contribution < 1.29 is 24.7 Å². The second kappa shape index (κ2) is 15.4. The molecule has 0 aliphatic rings. The number of carboxylic acid groups (broad SMARTS) is 1. The molecule has 168 valence electrons. The van der Waals surface area contributed by atoms with Gasteiger partial charge in [-0.05, 0) is 43.2 Å². The molecule has 0 heterocycles. The van der Waals surface area contributed by atoms with E-state index in [-0.39, 0.29) is 25.2 Å². The number of hydrogen-bond donors (Lipinski definition) is 4. The molecule has 0 spiro atoms. The van der Waals surface area contributed by atoms with Crippen molar-refractivity contribution >= 4 is 17.8 Å². The normalized spacial score (nSPS) is 11.7. The van der Waals surface area contributed by atoms with Crippen LogP contribution in [0.1, 0.15) is 82.3 Å². The fourth-order valence-corrected chi connectivity index (χ4v) is 3.32. The quantitative estimate of drug-likeness (QED) is 0.185. The second-order valence-corrected chi connectivity index (χ2v) is 7.67. The van der Waals surface area contributed by atoms with Crippen LogP contribution >= 0.6 is 0 Å². The maximum Gasteiger partial charge on any atom is 0.303 e. The molecule has 0 aliphatic heterocycles. The van der Waals surface area contributed by atoms with Crippen LogP contribution in [0.2, 0.25) is 0 Å². The molecule has 0 aromatic heterocycles. The zero-order chi connectivity index (χ0) is 22.2. The molecule has 0 bridgehead atoms. The van der Waals surface area contributed by atoms with Gasteiger partial charge < -0.3 is 10.4 Å². The summed E-state index contributed by atoms with van der Waals surface area (Å²) in [6.45, 7) is 2.16. The fraction of sp³-hybridized carbons (Fsp3) is 0.609. The van der Waals surface area contributed by atoms with Crippen LogP contribution in [0.25, 0.3) is 0 Å². The molecule has 1 aromatic rings. The summed E-state index contributed by atoms with van der Waals surface area (Å²) >= 11 is 0. The molecule has 0 aliphatic carbocycles. The lowest BCUT2D eigenvalue weighted by Crippen LogP contribution is -2.46. The number of unbranched alkanes of at least 4 members (excludes halogenated alkanes) is 6. The number of aliphatic carboxylic acids is 1. The molecule has 0 radical (unpaired) electrons. The number of hydrogen-bond acceptors (Lipinski definition) is 4. The Morgan fingerprint density at radius 3 is 2.00 bits per heavy atom. The van der Waals surface area contributed by atoms with E-state index < -0.39 is 17.9 Å². The van der Waals surface area contributed by atoms with Gasteiger partial charge in [-0.1, -0.05) is 63.3 Å². The average Bonchev–Trinajstić information content (AvgIpc) is 2.75. The monoisotopic (exact) mass is 420 g/mol. The topological polar surface area (TPSA) is 116 Å². The Kier molecular flexibility index (Phi) is 13.2. The Morgan fingerprint density at radius 1 is 0.867 bits per heavy atom. The first-order chi connectivity index (χ1) is 14.5. The zero-order valence-corrected chi connectivity index (χ0v) is 18.0. The third kappa shape index (κ3) is 11.6. The largest absolute Gasteiger partial charge is 0.481 e. The third-order valence-corrected chi connectivity index (χ3v) is 5.21. The summed E-state index contributed by atoms with van der Waals surface area (Å²) < 4.78 is 0. The number of aryl methyl sites for hydroxylation is 2. The molecular formula is C23H36N2O5. The van der Waals surface area contributed by atoms with Gasteiger partial charge in [0.2, 0.25) is 5.91 Å². The standard InChI is InChI=1S/C23H36N2O5/c1-2-18-12-14-19(15-13-18)10-8-6-4-3-5-7-9-11-21(26)24-20(23(29)25-30)16-17-22(27)28/h12-15,20,30H,2-11,16-17H2,1H3,(H,24,26)(H,25,29)(H,27,28)/t20-/m1/s1. The minimum Gasteiger partial charge on any atom is -0.481 e. The van der Waals surface area contributed by atoms with Gasteiger partial charge in [-0.2, -0.15) is 0 Å². The van der Waals surface area contributed by atoms with Gasteiger partial charge >= 0.3 is 5.97 Å². The highest BCUT2D eigenvalue weighted by molar-refractivity contribution is 5.87. The summed E-state index contributed by atoms with van der Waals surface area (Å²) in [5.74, 6) is -2.16. The second-order valence-electron chi connectivity index (χ2n) is 7.67. The van der Waals surface area contributed by atoms with E-state index >= 15 is 0 Å². The van der Waals surface area contributed by atoms with Crippen LogP contribution in [0.15, 0.2) is 24.3 Å². The van der Waals surface area contributed by atoms with E-state index in [1.54, 1.807) is 0 Å². The first-order valence-corrected chi connectivity index (χ1v) is 11.0. The van der Waals surface area contributed by atoms with E-state index in [0.717, 1.165) is 38.5 Å². The minimum atomic E-state index is -1.06. The molecule has 1 aromatic carbocycles. The summed E-state index contributed by atoms with van der Waals surface area (Å²) in [4.78, 5) is 34.1. The maximum atomic E-state index is 11.9. The van der Waals surface area contributed by atoms with Crippen LogP contribution in [0.5, 0.6) is 0 Å². The van der Waals surface area contributed by atoms with Gasteiger partial charge in [0.1, 0.15) is 6.04 Å². The van der Waals surface area contributed by atoms with Crippen molar-refractivity contribution in [2.45, 2.75) is 90.0 Å². The third-order valence-electron chi connectivity index (χ3n) is 5.21. The number of nitrogens with one attached hydrogen (secondary N) is 2. The first-order valence-electron chi connectivity index (χ1n) is 11.0. The molecule has 30 heavy (non-hydrogen) atoms. The number of carboxylic acids is 1. The minimum absolute atomic E-state index is 0.0593. The van der Waals surface area contributed by atoms with Gasteiger partial charge in [0, 0.05) is 12.8 Å². The van der Waals surface area contributed by atoms with Gasteiger partial charge in [-0.15, -0.1) is 0 Å². The molecule has 0 fully saturated rings. The Hall–Kier alpha value is -2.41. The van der Waals surface area contributed by atoms with Crippen molar-refractivity contribution in [1.29, 1.82) is 0 Å². The van der Waals surface area contributed by atoms with Gasteiger partial charge in [0.05, 0.1) is 0 Å². The van der Waals surface area contributed by atoms with E-state index in [1.807, 2.05) is 0 Å². The van der Waals surface area contributed by atoms with E-state index in [1.165, 1.54) is 35.9 Å². The summed E-state index contributed by atoms with van der Waals surface area (Å²) in [6.07, 6.45) is 9.63. The molecule has 1 rings (SSSR count). The summed E-state index contributed by atoms with van der Waals surface area (Å²) in [7, 11) is 0. The van der Waals surface area contributed by atoms with Crippen molar-refractivity contribution in [3.05, 3.63) is 35.4 Å². The van der Waals surface area contributed by atoms with Crippen molar-refractivity contribution in [3.8, 4) is 0 Å². The number of amides is 2. The molecular weight excluding hydrogens is 384 g/mol. The number of carbonyl (C=O) groups excluding carboxylic acids is 2. The maximum absolute atomic E-state index is 11.9. The first kappa shape index (κ1) is 25.6. The number of hydroxylamine groups is 1. The smallest absolute Gasteiger partial charge is 0.303 e. The van der Waals surface area contributed by atoms with Gasteiger partial charge in [-0.25, -0.2) is 5.48 Å². The van der Waals surface area contributed by atoms with E-state index in [2.05, 4.69) is 36.5 Å². The molecule has 7 heteroatoms. The molecule has 0 saturated heterocycles. The molecule has 4 N–H and O–H groups in total. The Balaban J connectivity index is 2.07. The fourth-order valence-electron chi connectivity index (χ4n) is 3.32. The van der Waals surface area contributed by atoms with Crippen LogP contribution < -0.4 is 10.8 Å². The van der Waals surface area contributed by atoms with Crippen molar-refractivity contribution in [2.24, 2.45) is 0 Å². The predicted molar refractivity (Wildman–Crippen MR) is 115 cm³/mol. The summed E-state index contributed by atoms with van der Waals surface area (Å²) in [6, 6.07) is 7.82. The van der Waals surface area contributed by atoms with Crippen LogP contribution in [-0.2, 0) is 27.2 Å². The van der Waals surface area contributed by atoms with Crippen LogP contribution in [0.3, 0.4) is 0 Å². The SMILES string of the molecule is CCc1ccc(CCCCCCCCCC(=O)N[C@H](CCC(=O)O)C(=O)NO)cc1. The van der Waals surface area contributed by atoms with Crippen molar-refractivity contribution in [2.75, 3.05) is 0 Å².